The van der Waals surface area contributed by atoms with Crippen LogP contribution in [0.2, 0.25) is 0 Å². The third-order valence-corrected chi connectivity index (χ3v) is 4.47. The van der Waals surface area contributed by atoms with Crippen LogP contribution in [0.4, 0.5) is 0 Å². The largest absolute Gasteiger partial charge is 0.508 e. The second-order valence-electron chi connectivity index (χ2n) is 6.30. The molecule has 0 saturated heterocycles. The molecule has 124 valence electrons. The van der Waals surface area contributed by atoms with Crippen LogP contribution >= 0.6 is 0 Å². The number of phenolic OH excluding ortho intramolecular Hbond substituents is 1. The first-order chi connectivity index (χ1) is 12.2. The van der Waals surface area contributed by atoms with Crippen molar-refractivity contribution in [2.45, 2.75) is 19.4 Å². The van der Waals surface area contributed by atoms with Gasteiger partial charge in [0.2, 0.25) is 0 Å². The lowest BCUT2D eigenvalue weighted by Crippen LogP contribution is -2.13. The lowest BCUT2D eigenvalue weighted by molar-refractivity contribution is 0.102. The van der Waals surface area contributed by atoms with E-state index in [2.05, 4.69) is 17.2 Å². The van der Waals surface area contributed by atoms with Crippen LogP contribution in [-0.4, -0.2) is 20.7 Å². The summed E-state index contributed by atoms with van der Waals surface area (Å²) in [6.07, 6.45) is 7.11. The van der Waals surface area contributed by atoms with Crippen LogP contribution in [0.5, 0.6) is 5.75 Å². The SMILES string of the molecule is O=C1C(=Cc2cnn(Cc3ccccc3)c2)CCc2cc(O)ccc21. The zero-order chi connectivity index (χ0) is 17.2. The van der Waals surface area contributed by atoms with Gasteiger partial charge in [-0.3, -0.25) is 9.48 Å². The van der Waals surface area contributed by atoms with Gasteiger partial charge in [0.1, 0.15) is 5.75 Å². The zero-order valence-electron chi connectivity index (χ0n) is 13.7. The van der Waals surface area contributed by atoms with E-state index in [0.29, 0.717) is 18.5 Å². The number of carbonyl (C=O) groups excluding carboxylic acids is 1. The summed E-state index contributed by atoms with van der Waals surface area (Å²) in [5.74, 6) is 0.248. The van der Waals surface area contributed by atoms with Crippen molar-refractivity contribution in [3.63, 3.8) is 0 Å². The molecular formula is C21H18N2O2. The van der Waals surface area contributed by atoms with Crippen molar-refractivity contribution in [2.24, 2.45) is 0 Å². The number of rotatable bonds is 3. The Labute approximate surface area is 146 Å². The van der Waals surface area contributed by atoms with Gasteiger partial charge < -0.3 is 5.11 Å². The Morgan fingerprint density at radius 1 is 1.12 bits per heavy atom. The Kier molecular flexibility index (Phi) is 3.94. The summed E-state index contributed by atoms with van der Waals surface area (Å²) in [6, 6.07) is 15.1. The summed E-state index contributed by atoms with van der Waals surface area (Å²) in [4.78, 5) is 12.7. The van der Waals surface area contributed by atoms with Gasteiger partial charge in [0.25, 0.3) is 0 Å². The molecule has 4 heteroatoms. The minimum absolute atomic E-state index is 0.0389. The van der Waals surface area contributed by atoms with Crippen LogP contribution in [0.1, 0.15) is 33.5 Å². The fraction of sp³-hybridized carbons (Fsp3) is 0.143. The van der Waals surface area contributed by atoms with Gasteiger partial charge in [-0.2, -0.15) is 5.10 Å². The van der Waals surface area contributed by atoms with Gasteiger partial charge in [0.05, 0.1) is 12.7 Å². The quantitative estimate of drug-likeness (QED) is 0.742. The van der Waals surface area contributed by atoms with Gasteiger partial charge in [0.15, 0.2) is 5.78 Å². The molecule has 4 rings (SSSR count). The lowest BCUT2D eigenvalue weighted by Gasteiger charge is -2.17. The highest BCUT2D eigenvalue weighted by molar-refractivity contribution is 6.13. The number of hydrogen-bond acceptors (Lipinski definition) is 3. The molecule has 1 aliphatic rings. The molecule has 0 bridgehead atoms. The number of ketones is 1. The molecule has 3 aromatic rings. The fourth-order valence-electron chi connectivity index (χ4n) is 3.21. The first-order valence-electron chi connectivity index (χ1n) is 8.32. The predicted molar refractivity (Wildman–Crippen MR) is 96.5 cm³/mol. The number of Topliss-reactive ketones (excluding diaryl/α,β-unsaturated/α-hetero) is 1. The number of carbonyl (C=O) groups is 1. The average Bonchev–Trinajstić information content (AvgIpc) is 3.05. The lowest BCUT2D eigenvalue weighted by atomic mass is 9.86. The number of benzene rings is 2. The second kappa shape index (κ2) is 6.40. The molecule has 0 radical (unpaired) electrons. The van der Waals surface area contributed by atoms with Crippen molar-refractivity contribution in [3.8, 4) is 5.75 Å². The Morgan fingerprint density at radius 3 is 2.80 bits per heavy atom. The standard InChI is InChI=1S/C21H18N2O2/c24-19-8-9-20-17(11-19)6-7-18(21(20)25)10-16-12-22-23(14-16)13-15-4-2-1-3-5-15/h1-5,8-12,14,24H,6-7,13H2. The summed E-state index contributed by atoms with van der Waals surface area (Å²) < 4.78 is 1.88. The summed E-state index contributed by atoms with van der Waals surface area (Å²) in [7, 11) is 0. The Bertz CT molecular complexity index is 955. The Morgan fingerprint density at radius 2 is 1.96 bits per heavy atom. The van der Waals surface area contributed by atoms with Crippen molar-refractivity contribution >= 4 is 11.9 Å². The van der Waals surface area contributed by atoms with E-state index >= 15 is 0 Å². The van der Waals surface area contributed by atoms with Crippen molar-refractivity contribution in [1.29, 1.82) is 0 Å². The van der Waals surface area contributed by atoms with E-state index in [-0.39, 0.29) is 11.5 Å². The molecule has 0 atom stereocenters. The molecule has 4 nitrogen and oxygen atoms in total. The number of nitrogens with zero attached hydrogens (tertiary/aromatic N) is 2. The van der Waals surface area contributed by atoms with Gasteiger partial charge >= 0.3 is 0 Å². The van der Waals surface area contributed by atoms with Crippen molar-refractivity contribution in [1.82, 2.24) is 9.78 Å². The number of hydrogen-bond donors (Lipinski definition) is 1. The van der Waals surface area contributed by atoms with Crippen LogP contribution in [0.15, 0.2) is 66.5 Å². The summed E-state index contributed by atoms with van der Waals surface area (Å²) in [5.41, 5.74) is 4.51. The highest BCUT2D eigenvalue weighted by atomic mass is 16.3. The van der Waals surface area contributed by atoms with Gasteiger partial charge in [-0.05, 0) is 48.2 Å². The number of fused-ring (bicyclic) bond motifs is 1. The highest BCUT2D eigenvalue weighted by Gasteiger charge is 2.22. The minimum Gasteiger partial charge on any atom is -0.508 e. The molecule has 0 fully saturated rings. The van der Waals surface area contributed by atoms with Gasteiger partial charge in [-0.1, -0.05) is 30.3 Å². The molecule has 0 amide bonds. The van der Waals surface area contributed by atoms with E-state index < -0.39 is 0 Å². The van der Waals surface area contributed by atoms with Crippen molar-refractivity contribution < 1.29 is 9.90 Å². The molecule has 0 saturated carbocycles. The molecule has 1 N–H and O–H groups in total. The highest BCUT2D eigenvalue weighted by Crippen LogP contribution is 2.29. The molecule has 2 aromatic carbocycles. The van der Waals surface area contributed by atoms with E-state index in [1.165, 1.54) is 5.56 Å². The Balaban J connectivity index is 1.55. The number of aryl methyl sites for hydroxylation is 1. The van der Waals surface area contributed by atoms with E-state index in [1.54, 1.807) is 24.4 Å². The molecule has 0 spiro atoms. The molecule has 0 aliphatic heterocycles. The van der Waals surface area contributed by atoms with E-state index in [1.807, 2.05) is 35.2 Å². The molecule has 25 heavy (non-hydrogen) atoms. The monoisotopic (exact) mass is 330 g/mol. The fourth-order valence-corrected chi connectivity index (χ4v) is 3.21. The van der Waals surface area contributed by atoms with Gasteiger partial charge in [-0.25, -0.2) is 0 Å². The topological polar surface area (TPSA) is 55.1 Å². The van der Waals surface area contributed by atoms with Crippen LogP contribution in [-0.2, 0) is 13.0 Å². The normalized spacial score (nSPS) is 15.4. The first-order valence-corrected chi connectivity index (χ1v) is 8.32. The Hall–Kier alpha value is -3.14. The van der Waals surface area contributed by atoms with E-state index in [0.717, 1.165) is 23.1 Å². The van der Waals surface area contributed by atoms with Gasteiger partial charge in [-0.15, -0.1) is 0 Å². The van der Waals surface area contributed by atoms with E-state index in [9.17, 15) is 9.90 Å². The maximum absolute atomic E-state index is 12.7. The van der Waals surface area contributed by atoms with E-state index in [4.69, 9.17) is 0 Å². The third-order valence-electron chi connectivity index (χ3n) is 4.47. The summed E-state index contributed by atoms with van der Waals surface area (Å²) in [5, 5.41) is 13.9. The van der Waals surface area contributed by atoms with Gasteiger partial charge in [0, 0.05) is 22.9 Å². The zero-order valence-corrected chi connectivity index (χ0v) is 13.7. The maximum atomic E-state index is 12.7. The van der Waals surface area contributed by atoms with Crippen molar-refractivity contribution in [3.05, 3.63) is 88.8 Å². The number of aromatic hydroxyl groups is 1. The average molecular weight is 330 g/mol. The smallest absolute Gasteiger partial charge is 0.189 e. The predicted octanol–water partition coefficient (Wildman–Crippen LogP) is 3.85. The molecule has 1 aliphatic carbocycles. The molecular weight excluding hydrogens is 312 g/mol. The van der Waals surface area contributed by atoms with Crippen LogP contribution in [0.25, 0.3) is 6.08 Å². The number of allylic oxidation sites excluding steroid dienone is 1. The molecule has 0 unspecified atom stereocenters. The summed E-state index contributed by atoms with van der Waals surface area (Å²) in [6.45, 7) is 0.708. The minimum atomic E-state index is 0.0389. The number of phenols is 1. The first kappa shape index (κ1) is 15.4. The maximum Gasteiger partial charge on any atom is 0.189 e. The van der Waals surface area contributed by atoms with Crippen LogP contribution in [0.3, 0.4) is 0 Å². The van der Waals surface area contributed by atoms with Crippen LogP contribution in [0, 0.1) is 0 Å². The number of aromatic nitrogens is 2. The summed E-state index contributed by atoms with van der Waals surface area (Å²) >= 11 is 0. The molecule has 1 heterocycles. The van der Waals surface area contributed by atoms with Crippen molar-refractivity contribution in [2.75, 3.05) is 0 Å². The third kappa shape index (κ3) is 3.24. The molecule has 1 aromatic heterocycles. The second-order valence-corrected chi connectivity index (χ2v) is 6.30. The van der Waals surface area contributed by atoms with Crippen LogP contribution < -0.4 is 0 Å².